The molecule has 14 aromatic carbocycles. The van der Waals surface area contributed by atoms with Crippen molar-refractivity contribution in [3.05, 3.63) is 393 Å². The van der Waals surface area contributed by atoms with Crippen LogP contribution in [0.1, 0.15) is 71.4 Å². The molecule has 0 bridgehead atoms. The number of imidazole rings is 1. The summed E-state index contributed by atoms with van der Waals surface area (Å²) in [5, 5.41) is -10.5. The maximum absolute atomic E-state index is 10.6. The number of para-hydroxylation sites is 1. The van der Waals surface area contributed by atoms with Crippen LogP contribution < -0.4 is 50.8 Å². The fourth-order valence-corrected chi connectivity index (χ4v) is 20.4. The van der Waals surface area contributed by atoms with Gasteiger partial charge in [0.05, 0.1) is 78.4 Å². The minimum atomic E-state index is -7.45. The van der Waals surface area contributed by atoms with Crippen molar-refractivity contribution in [2.45, 2.75) is 6.85 Å². The van der Waals surface area contributed by atoms with Crippen LogP contribution in [0, 0.1) is 25.3 Å². The van der Waals surface area contributed by atoms with Gasteiger partial charge >= 0.3 is 0 Å². The summed E-state index contributed by atoms with van der Waals surface area (Å²) in [5.41, 5.74) is -7.07. The van der Waals surface area contributed by atoms with Crippen LogP contribution in [0.2, 0.25) is 0 Å². The third kappa shape index (κ3) is 11.0. The SMILES string of the molecule is [2H]c1c([2H])c([2H])c(-c2cc([Si](c3c([2H])c([2H])c([2H])c([2H])c3[2H])(c3c([2H])c([2H])c([2H])c([2H])c3[2H])c3c([2H])c([2H])c([2H])c([2H])c3[2H])c(-[n+]3[c-]n(-c4[c-]c(Oc5[c-]c6c(cc5)c5ccccc5n6-c5cc(C([2H])([2H])[2H])c(-c6c([2H])c([2H])c([2H])c([2H])c6[2H])cn5)ccc4)c4cc(-c5c([2H])c([2H])c([2H])c([2H])c5[2H])ccc43)c([Si](c3c([2H])c([2H])c([2H])c([2H])c3[2H])(c3c([2H])c([2H])c([2H])c([2H])c3[2H])c3c([2H])c([2H])c([2H])c([2H])c3[2H])c2)c([2H])c1[2H].[Pt]. The minimum Gasteiger partial charge on any atom is -0.510 e. The first kappa shape index (κ1) is 28.9. The van der Waals surface area contributed by atoms with Crippen LogP contribution in [-0.2, 0) is 21.1 Å². The molecule has 0 radical (unpaired) electrons. The predicted octanol–water partition coefficient (Wildman–Crippen LogP) is 15.7. The summed E-state index contributed by atoms with van der Waals surface area (Å²) in [6, 6.07) is -33.7. The van der Waals surface area contributed by atoms with E-state index in [9.17, 15) is 49.3 Å². The van der Waals surface area contributed by atoms with Crippen LogP contribution in [0.25, 0.3) is 83.4 Å². The molecule has 3 aromatic heterocycles. The molecule has 0 atom stereocenters. The van der Waals surface area contributed by atoms with E-state index in [0.29, 0.717) is 28.4 Å². The molecule has 8 heteroatoms. The monoisotopic (exact) mass is 1530 g/mol. The Kier molecular flexibility index (Phi) is 7.81. The second kappa shape index (κ2) is 26.8. The summed E-state index contributed by atoms with van der Waals surface area (Å²) in [6.45, 7) is -3.09. The molecule has 474 valence electrons. The summed E-state index contributed by atoms with van der Waals surface area (Å²) in [6.07, 6.45) is 4.14. The maximum atomic E-state index is 10.6. The van der Waals surface area contributed by atoms with Gasteiger partial charge in [0.1, 0.15) is 5.82 Å². The molecule has 17 rings (SSSR count). The van der Waals surface area contributed by atoms with Gasteiger partial charge in [-0.2, -0.15) is 18.2 Å². The summed E-state index contributed by atoms with van der Waals surface area (Å²) in [4.78, 5) is 4.65. The quantitative estimate of drug-likeness (QED) is 0.0418. The third-order valence-corrected chi connectivity index (χ3v) is 24.7. The van der Waals surface area contributed by atoms with E-state index in [1.54, 1.807) is 30.3 Å². The van der Waals surface area contributed by atoms with Crippen LogP contribution in [0.3, 0.4) is 0 Å². The molecule has 0 amide bonds. The second-order valence-corrected chi connectivity index (χ2v) is 28.5. The van der Waals surface area contributed by atoms with Crippen LogP contribution in [0.4, 0.5) is 0 Å². The molecule has 0 unspecified atom stereocenters. The number of pyridine rings is 1. The standard InChI is InChI=1S/C91H64N4OSi2.Pt/c1-66-58-90(92-64-83(66)69-36-15-4-16-37-69)95-84-53-30-29-52-81(84)82-56-55-74(63-86(82)95)96-73-39-31-38-72(62-73)93-65-94(85-57-54-70(59-87(85)93)67-32-11-2-12-33-67)91-88(97(75-40-17-5-18-41-75,76-42-19-6-20-43-76)77-44-21-7-22-45-77)60-71(68-34-13-3-14-35-68)61-89(91)98(78-46-23-8-24-47-78,79-48-25-9-26-49-79)80-50-27-10-28-51-80;/h2-61,64H,1H3;/q-2;/i1D3,2D,3D,4D,5D,6D,7D,8D,9D,10D,11D,12D,13D,14D,15D,16D,17D,18D,19D,20D,21D,22D,23D,24D,25D,26D,27D,28D,32D,33D,34D,35D,36D,37D,40D,41D,42D,43D,44D,45D,46D,47D,48D,49D,50D,51D;. The number of fused-ring (bicyclic) bond motifs is 4. The van der Waals surface area contributed by atoms with Gasteiger partial charge in [-0.25, -0.2) is 4.98 Å². The van der Waals surface area contributed by atoms with Crippen molar-refractivity contribution in [1.82, 2.24) is 14.1 Å². The normalized spacial score (nSPS) is 18.5. The van der Waals surface area contributed by atoms with E-state index in [2.05, 4.69) is 23.4 Å². The van der Waals surface area contributed by atoms with E-state index in [0.717, 1.165) is 39.6 Å². The Morgan fingerprint density at radius 1 is 0.414 bits per heavy atom. The summed E-state index contributed by atoms with van der Waals surface area (Å²) >= 11 is 0. The topological polar surface area (TPSA) is 35.9 Å². The summed E-state index contributed by atoms with van der Waals surface area (Å²) < 4.78 is 474. The zero-order valence-corrected chi connectivity index (χ0v) is 54.5. The van der Waals surface area contributed by atoms with Crippen molar-refractivity contribution in [3.63, 3.8) is 0 Å². The first-order valence-corrected chi connectivity index (χ1v) is 33.4. The van der Waals surface area contributed by atoms with Crippen LogP contribution >= 0.6 is 0 Å². The molecule has 0 saturated heterocycles. The Balaban J connectivity index is 0.0000154. The molecule has 0 saturated carbocycles. The smallest absolute Gasteiger partial charge is 0.268 e. The zero-order chi connectivity index (χ0) is 107. The van der Waals surface area contributed by atoms with Gasteiger partial charge < -0.3 is 13.9 Å². The van der Waals surface area contributed by atoms with Gasteiger partial charge in [0, 0.05) is 54.0 Å². The Morgan fingerprint density at radius 3 is 1.38 bits per heavy atom. The molecule has 3 heterocycles. The van der Waals surface area contributed by atoms with Gasteiger partial charge in [-0.3, -0.25) is 4.57 Å². The molecule has 5 nitrogen and oxygen atoms in total. The van der Waals surface area contributed by atoms with Crippen molar-refractivity contribution in [1.29, 1.82) is 0 Å². The molecule has 0 aliphatic carbocycles. The number of rotatable bonds is 16. The van der Waals surface area contributed by atoms with Gasteiger partial charge in [0.25, 0.3) is 6.33 Å². The van der Waals surface area contributed by atoms with Crippen molar-refractivity contribution in [2.75, 3.05) is 0 Å². The van der Waals surface area contributed by atoms with Gasteiger partial charge in [0.2, 0.25) is 0 Å². The van der Waals surface area contributed by atoms with Crippen LogP contribution in [0.15, 0.2) is 369 Å². The molecule has 99 heavy (non-hydrogen) atoms. The molecule has 0 spiro atoms. The Hall–Kier alpha value is -11.6. The van der Waals surface area contributed by atoms with Gasteiger partial charge in [-0.05, 0) is 111 Å². The van der Waals surface area contributed by atoms with Crippen molar-refractivity contribution >= 4 is 90.5 Å². The number of hydrogen-bond donors (Lipinski definition) is 0. The number of ether oxygens (including phenoxy) is 1. The van der Waals surface area contributed by atoms with Crippen molar-refractivity contribution in [3.8, 4) is 62.1 Å². The van der Waals surface area contributed by atoms with Gasteiger partial charge in [-0.15, -0.1) is 29.7 Å². The van der Waals surface area contributed by atoms with E-state index in [1.807, 2.05) is 0 Å². The van der Waals surface area contributed by atoms with E-state index < -0.39 is 387 Å². The fourth-order valence-electron chi connectivity index (χ4n) is 12.2. The van der Waals surface area contributed by atoms with Crippen LogP contribution in [0.5, 0.6) is 11.5 Å². The van der Waals surface area contributed by atoms with Gasteiger partial charge in [0.15, 0.2) is 16.1 Å². The molecular formula is C91H64N4OPtSi2-2. The van der Waals surface area contributed by atoms with Crippen molar-refractivity contribution in [2.24, 2.45) is 0 Å². The van der Waals surface area contributed by atoms with E-state index in [1.165, 1.54) is 28.8 Å². The fraction of sp³-hybridized carbons (Fsp3) is 0.0110. The Morgan fingerprint density at radius 2 is 0.879 bits per heavy atom. The summed E-state index contributed by atoms with van der Waals surface area (Å²) in [7, 11) is -14.9. The zero-order valence-electron chi connectivity index (χ0n) is 98.3. The maximum Gasteiger partial charge on any atom is 0.268 e. The van der Waals surface area contributed by atoms with Gasteiger partial charge in [-0.1, -0.05) is 320 Å². The largest absolute Gasteiger partial charge is 0.510 e. The first-order valence-electron chi connectivity index (χ1n) is 53.4. The number of aromatic nitrogens is 4. The Bertz CT molecular complexity index is 7910. The molecule has 0 aliphatic rings. The predicted molar refractivity (Wildman–Crippen MR) is 408 cm³/mol. The Labute approximate surface area is 661 Å². The first-order chi connectivity index (χ1) is 68.4. The third-order valence-electron chi connectivity index (χ3n) is 16.3. The van der Waals surface area contributed by atoms with Crippen molar-refractivity contribution < 1.29 is 96.2 Å². The minimum absolute atomic E-state index is 0. The number of hydrogen-bond acceptors (Lipinski definition) is 2. The molecular weight excluding hydrogens is 1420 g/mol. The molecule has 17 aromatic rings. The van der Waals surface area contributed by atoms with Crippen LogP contribution in [-0.4, -0.2) is 30.3 Å². The molecule has 0 N–H and O–H groups in total. The molecule has 0 fully saturated rings. The average Bonchev–Trinajstić information content (AvgIpc) is 1.43. The second-order valence-electron chi connectivity index (χ2n) is 21.4. The average molecular weight is 1530 g/mol. The molecule has 0 aliphatic heterocycles. The number of benzene rings is 14. The van der Waals surface area contributed by atoms with E-state index in [4.69, 9.17) is 21.2 Å². The number of nitrogens with zero attached hydrogens (tertiary/aromatic N) is 4. The van der Waals surface area contributed by atoms with E-state index >= 15 is 0 Å². The number of aryl methyl sites for hydroxylation is 1. The van der Waals surface area contributed by atoms with E-state index in [-0.39, 0.29) is 55.0 Å². The summed E-state index contributed by atoms with van der Waals surface area (Å²) in [5.74, 6) is -0.727.